The third-order valence-corrected chi connectivity index (χ3v) is 2.78. The lowest BCUT2D eigenvalue weighted by atomic mass is 10.1. The minimum Gasteiger partial charge on any atom is -0.303 e. The van der Waals surface area contributed by atoms with Crippen LogP contribution in [0, 0.1) is 0 Å². The number of phosphoric ester groups is 1. The van der Waals surface area contributed by atoms with Gasteiger partial charge in [-0.2, -0.15) is 0 Å². The number of halogens is 1. The van der Waals surface area contributed by atoms with E-state index in [4.69, 9.17) is 9.79 Å². The SMILES string of the molecule is CCCCCCCCCCOP(=O)(O)O.F. The normalized spacial score (nSPS) is 11.2. The van der Waals surface area contributed by atoms with Crippen molar-refractivity contribution >= 4 is 7.82 Å². The number of hydrogen-bond acceptors (Lipinski definition) is 2. The molecule has 6 heteroatoms. The average Bonchev–Trinajstić information content (AvgIpc) is 2.14. The van der Waals surface area contributed by atoms with E-state index >= 15 is 0 Å². The van der Waals surface area contributed by atoms with Crippen molar-refractivity contribution in [1.29, 1.82) is 0 Å². The van der Waals surface area contributed by atoms with Gasteiger partial charge in [0.1, 0.15) is 0 Å². The van der Waals surface area contributed by atoms with Crippen LogP contribution in [-0.2, 0) is 9.09 Å². The third kappa shape index (κ3) is 16.5. The molecule has 0 aliphatic heterocycles. The Morgan fingerprint density at radius 3 is 1.81 bits per heavy atom. The predicted octanol–water partition coefficient (Wildman–Crippen LogP) is 3.39. The highest BCUT2D eigenvalue weighted by Crippen LogP contribution is 2.35. The molecule has 0 spiro atoms. The Balaban J connectivity index is 0. The van der Waals surface area contributed by atoms with Crippen LogP contribution < -0.4 is 0 Å². The van der Waals surface area contributed by atoms with Gasteiger partial charge >= 0.3 is 7.82 Å². The highest BCUT2D eigenvalue weighted by atomic mass is 31.2. The van der Waals surface area contributed by atoms with Gasteiger partial charge in [0.05, 0.1) is 6.61 Å². The van der Waals surface area contributed by atoms with Gasteiger partial charge < -0.3 is 9.79 Å². The smallest absolute Gasteiger partial charge is 0.303 e. The Labute approximate surface area is 97.0 Å². The number of rotatable bonds is 10. The lowest BCUT2D eigenvalue weighted by molar-refractivity contribution is 0.193. The summed E-state index contributed by atoms with van der Waals surface area (Å²) in [6, 6.07) is 0. The zero-order valence-corrected chi connectivity index (χ0v) is 10.8. The van der Waals surface area contributed by atoms with Crippen molar-refractivity contribution in [3.63, 3.8) is 0 Å². The Morgan fingerprint density at radius 1 is 0.938 bits per heavy atom. The summed E-state index contributed by atoms with van der Waals surface area (Å²) >= 11 is 0. The molecule has 0 saturated carbocycles. The standard InChI is InChI=1S/C10H23O4P.FH/c1-2-3-4-5-6-7-8-9-10-14-15(11,12)13;/h2-10H2,1H3,(H2,11,12,13);1H. The van der Waals surface area contributed by atoms with Gasteiger partial charge in [0, 0.05) is 0 Å². The zero-order chi connectivity index (χ0) is 11.6. The van der Waals surface area contributed by atoms with Gasteiger partial charge in [-0.25, -0.2) is 4.57 Å². The Bertz CT molecular complexity index is 184. The number of phosphoric acid groups is 1. The minimum atomic E-state index is -4.24. The molecule has 0 bridgehead atoms. The summed E-state index contributed by atoms with van der Waals surface area (Å²) in [4.78, 5) is 16.8. The van der Waals surface area contributed by atoms with Crippen LogP contribution in [-0.4, -0.2) is 16.4 Å². The van der Waals surface area contributed by atoms with Crippen molar-refractivity contribution in [2.45, 2.75) is 58.3 Å². The van der Waals surface area contributed by atoms with Gasteiger partial charge in [0.2, 0.25) is 0 Å². The van der Waals surface area contributed by atoms with Crippen LogP contribution in [0.3, 0.4) is 0 Å². The fourth-order valence-corrected chi connectivity index (χ4v) is 1.79. The maximum absolute atomic E-state index is 10.3. The van der Waals surface area contributed by atoms with Crippen LogP contribution in [0.25, 0.3) is 0 Å². The summed E-state index contributed by atoms with van der Waals surface area (Å²) in [6.45, 7) is 2.36. The molecule has 100 valence electrons. The summed E-state index contributed by atoms with van der Waals surface area (Å²) in [5.41, 5.74) is 0. The Kier molecular flexibility index (Phi) is 13.3. The quantitative estimate of drug-likeness (QED) is 0.465. The van der Waals surface area contributed by atoms with Crippen molar-refractivity contribution in [3.05, 3.63) is 0 Å². The number of unbranched alkanes of at least 4 members (excludes halogenated alkanes) is 7. The minimum absolute atomic E-state index is 0. The van der Waals surface area contributed by atoms with Gasteiger partial charge in [-0.1, -0.05) is 51.9 Å². The monoisotopic (exact) mass is 258 g/mol. The van der Waals surface area contributed by atoms with Crippen LogP contribution in [0.1, 0.15) is 58.3 Å². The topological polar surface area (TPSA) is 66.8 Å². The molecule has 16 heavy (non-hydrogen) atoms. The first-order chi connectivity index (χ1) is 7.06. The second kappa shape index (κ2) is 11.5. The molecule has 0 aromatic rings. The molecule has 0 atom stereocenters. The molecule has 0 rings (SSSR count). The molecule has 0 aliphatic carbocycles. The predicted molar refractivity (Wildman–Crippen MR) is 63.1 cm³/mol. The third-order valence-electron chi connectivity index (χ3n) is 2.26. The maximum atomic E-state index is 10.3. The summed E-state index contributed by atoms with van der Waals surface area (Å²) in [5.74, 6) is 0. The van der Waals surface area contributed by atoms with Crippen molar-refractivity contribution in [3.8, 4) is 0 Å². The summed E-state index contributed by atoms with van der Waals surface area (Å²) in [6.07, 6.45) is 9.22. The second-order valence-electron chi connectivity index (χ2n) is 3.80. The molecule has 4 nitrogen and oxygen atoms in total. The van der Waals surface area contributed by atoms with E-state index in [-0.39, 0.29) is 11.3 Å². The van der Waals surface area contributed by atoms with E-state index in [1.165, 1.54) is 32.1 Å². The van der Waals surface area contributed by atoms with Crippen molar-refractivity contribution in [2.24, 2.45) is 0 Å². The fraction of sp³-hybridized carbons (Fsp3) is 1.00. The van der Waals surface area contributed by atoms with Crippen LogP contribution in [0.5, 0.6) is 0 Å². The molecule has 0 aromatic heterocycles. The fourth-order valence-electron chi connectivity index (χ4n) is 1.42. The Hall–Kier alpha value is 0.0400. The zero-order valence-electron chi connectivity index (χ0n) is 9.93. The van der Waals surface area contributed by atoms with E-state index in [9.17, 15) is 4.57 Å². The first-order valence-corrected chi connectivity index (χ1v) is 7.29. The molecule has 0 aromatic carbocycles. The molecule has 0 heterocycles. The van der Waals surface area contributed by atoms with E-state index in [0.29, 0.717) is 0 Å². The van der Waals surface area contributed by atoms with E-state index in [2.05, 4.69) is 11.4 Å². The second-order valence-corrected chi connectivity index (χ2v) is 5.04. The van der Waals surface area contributed by atoms with Crippen LogP contribution in [0.4, 0.5) is 4.70 Å². The Morgan fingerprint density at radius 2 is 1.38 bits per heavy atom. The summed E-state index contributed by atoms with van der Waals surface area (Å²) < 4.78 is 14.7. The maximum Gasteiger partial charge on any atom is 0.469 e. The molecule has 0 unspecified atom stereocenters. The molecule has 0 saturated heterocycles. The van der Waals surface area contributed by atoms with Gasteiger partial charge in [-0.05, 0) is 6.42 Å². The average molecular weight is 258 g/mol. The van der Waals surface area contributed by atoms with Crippen molar-refractivity contribution in [1.82, 2.24) is 0 Å². The summed E-state index contributed by atoms with van der Waals surface area (Å²) in [7, 11) is -4.24. The first kappa shape index (κ1) is 18.4. The van der Waals surface area contributed by atoms with E-state index in [1.807, 2.05) is 0 Å². The van der Waals surface area contributed by atoms with E-state index in [0.717, 1.165) is 19.3 Å². The van der Waals surface area contributed by atoms with Crippen molar-refractivity contribution < 1.29 is 23.6 Å². The van der Waals surface area contributed by atoms with Gasteiger partial charge in [0.25, 0.3) is 0 Å². The molecule has 0 aliphatic rings. The highest BCUT2D eigenvalue weighted by Gasteiger charge is 2.12. The van der Waals surface area contributed by atoms with E-state index in [1.54, 1.807) is 0 Å². The van der Waals surface area contributed by atoms with Crippen LogP contribution in [0.15, 0.2) is 0 Å². The summed E-state index contributed by atoms with van der Waals surface area (Å²) in [5, 5.41) is 0. The van der Waals surface area contributed by atoms with Crippen LogP contribution >= 0.6 is 7.82 Å². The van der Waals surface area contributed by atoms with Crippen LogP contribution in [0.2, 0.25) is 0 Å². The molecule has 0 fully saturated rings. The van der Waals surface area contributed by atoms with E-state index < -0.39 is 7.82 Å². The molecular weight excluding hydrogens is 234 g/mol. The largest absolute Gasteiger partial charge is 0.469 e. The molecule has 0 radical (unpaired) electrons. The highest BCUT2D eigenvalue weighted by molar-refractivity contribution is 7.46. The van der Waals surface area contributed by atoms with Crippen molar-refractivity contribution in [2.75, 3.05) is 6.61 Å². The lowest BCUT2D eigenvalue weighted by Crippen LogP contribution is -1.92. The van der Waals surface area contributed by atoms with Gasteiger partial charge in [-0.3, -0.25) is 9.23 Å². The molecule has 2 N–H and O–H groups in total. The van der Waals surface area contributed by atoms with Gasteiger partial charge in [-0.15, -0.1) is 0 Å². The molecular formula is C10H24FO4P. The molecule has 0 amide bonds. The first-order valence-electron chi connectivity index (χ1n) is 5.76. The number of hydrogen-bond donors (Lipinski definition) is 2. The lowest BCUT2D eigenvalue weighted by Gasteiger charge is -2.04. The van der Waals surface area contributed by atoms with Gasteiger partial charge in [0.15, 0.2) is 0 Å².